The van der Waals surface area contributed by atoms with Crippen molar-refractivity contribution in [3.05, 3.63) is 18.2 Å². The minimum absolute atomic E-state index is 0.0914. The number of rotatable bonds is 4. The third kappa shape index (κ3) is 2.81. The number of likely N-dealkylation sites (tertiary alicyclic amines) is 1. The molecule has 1 aromatic rings. The van der Waals surface area contributed by atoms with Crippen molar-refractivity contribution in [2.24, 2.45) is 13.0 Å². The maximum Gasteiger partial charge on any atom is 0.325 e. The van der Waals surface area contributed by atoms with E-state index in [1.807, 2.05) is 38.6 Å². The molecule has 0 radical (unpaired) electrons. The third-order valence-corrected chi connectivity index (χ3v) is 5.37. The van der Waals surface area contributed by atoms with Crippen molar-refractivity contribution in [3.8, 4) is 0 Å². The number of hydrogen-bond acceptors (Lipinski definition) is 4. The van der Waals surface area contributed by atoms with Crippen LogP contribution >= 0.6 is 0 Å². The van der Waals surface area contributed by atoms with E-state index >= 15 is 0 Å². The maximum atomic E-state index is 12.9. The quantitative estimate of drug-likeness (QED) is 0.845. The summed E-state index contributed by atoms with van der Waals surface area (Å²) < 4.78 is 2.02. The van der Waals surface area contributed by atoms with E-state index in [1.54, 1.807) is 6.20 Å². The van der Waals surface area contributed by atoms with Crippen molar-refractivity contribution < 1.29 is 9.59 Å². The van der Waals surface area contributed by atoms with Gasteiger partial charge in [0, 0.05) is 37.9 Å². The molecule has 2 fully saturated rings. The van der Waals surface area contributed by atoms with Crippen LogP contribution in [-0.4, -0.2) is 56.0 Å². The Balaban J connectivity index is 1.73. The van der Waals surface area contributed by atoms with Crippen molar-refractivity contribution in [2.75, 3.05) is 13.1 Å². The summed E-state index contributed by atoms with van der Waals surface area (Å²) in [6.07, 6.45) is 5.72. The lowest BCUT2D eigenvalue weighted by molar-refractivity contribution is -0.134. The second kappa shape index (κ2) is 6.20. The topological polar surface area (TPSA) is 70.5 Å². The average Bonchev–Trinajstić information content (AvgIpc) is 3.02. The van der Waals surface area contributed by atoms with Gasteiger partial charge in [0.1, 0.15) is 11.4 Å². The van der Waals surface area contributed by atoms with E-state index in [1.165, 1.54) is 4.90 Å². The van der Waals surface area contributed by atoms with Crippen molar-refractivity contribution in [1.29, 1.82) is 0 Å². The van der Waals surface area contributed by atoms with Gasteiger partial charge in [-0.1, -0.05) is 0 Å². The lowest BCUT2D eigenvalue weighted by Crippen LogP contribution is -2.56. The Hall–Kier alpha value is -1.89. The molecule has 3 rings (SSSR count). The molecule has 0 saturated carbocycles. The number of carbonyl (C=O) groups excluding carboxylic acids is 2. The Kier molecular flexibility index (Phi) is 4.38. The van der Waals surface area contributed by atoms with E-state index in [2.05, 4.69) is 15.2 Å². The molecular formula is C17H27N5O2. The summed E-state index contributed by atoms with van der Waals surface area (Å²) >= 11 is 0. The summed E-state index contributed by atoms with van der Waals surface area (Å²) in [6.45, 7) is 8.18. The van der Waals surface area contributed by atoms with E-state index in [0.29, 0.717) is 0 Å². The zero-order valence-corrected chi connectivity index (χ0v) is 15.0. The molecule has 132 valence electrons. The summed E-state index contributed by atoms with van der Waals surface area (Å²) in [5.41, 5.74) is -0.804. The number of carbonyl (C=O) groups is 2. The van der Waals surface area contributed by atoms with Crippen LogP contribution in [0, 0.1) is 5.92 Å². The Morgan fingerprint density at radius 3 is 2.75 bits per heavy atom. The smallest absolute Gasteiger partial charge is 0.325 e. The summed E-state index contributed by atoms with van der Waals surface area (Å²) in [7, 11) is 1.99. The molecular weight excluding hydrogens is 306 g/mol. The fraction of sp³-hybridized carbons (Fsp3) is 0.706. The highest BCUT2D eigenvalue weighted by Gasteiger charge is 2.53. The largest absolute Gasteiger partial charge is 0.337 e. The fourth-order valence-electron chi connectivity index (χ4n) is 3.84. The first-order valence-electron chi connectivity index (χ1n) is 8.67. The normalized spacial score (nSPS) is 28.7. The molecule has 1 aromatic heterocycles. The van der Waals surface area contributed by atoms with Crippen molar-refractivity contribution in [2.45, 2.75) is 51.7 Å². The van der Waals surface area contributed by atoms with E-state index < -0.39 is 5.54 Å². The van der Waals surface area contributed by atoms with Gasteiger partial charge < -0.3 is 9.88 Å². The van der Waals surface area contributed by atoms with E-state index in [4.69, 9.17) is 0 Å². The molecule has 3 heterocycles. The predicted octanol–water partition coefficient (Wildman–Crippen LogP) is 1.35. The van der Waals surface area contributed by atoms with Gasteiger partial charge in [-0.3, -0.25) is 14.6 Å². The zero-order chi connectivity index (χ0) is 17.5. The minimum atomic E-state index is -0.804. The van der Waals surface area contributed by atoms with Crippen LogP contribution in [0.25, 0.3) is 0 Å². The molecule has 24 heavy (non-hydrogen) atoms. The van der Waals surface area contributed by atoms with Gasteiger partial charge in [0.05, 0.1) is 6.54 Å². The van der Waals surface area contributed by atoms with Crippen LogP contribution in [0.2, 0.25) is 0 Å². The number of urea groups is 1. The van der Waals surface area contributed by atoms with Gasteiger partial charge in [-0.2, -0.15) is 0 Å². The monoisotopic (exact) mass is 333 g/mol. The lowest BCUT2D eigenvalue weighted by atomic mass is 9.80. The second-order valence-electron chi connectivity index (χ2n) is 7.43. The maximum absolute atomic E-state index is 12.9. The van der Waals surface area contributed by atoms with Crippen molar-refractivity contribution in [1.82, 2.24) is 24.7 Å². The third-order valence-electron chi connectivity index (χ3n) is 5.37. The molecule has 0 bridgehead atoms. The first-order valence-corrected chi connectivity index (χ1v) is 8.67. The second-order valence-corrected chi connectivity index (χ2v) is 7.43. The van der Waals surface area contributed by atoms with Crippen LogP contribution in [0.15, 0.2) is 12.4 Å². The number of amides is 3. The Labute approximate surface area is 143 Å². The Morgan fingerprint density at radius 1 is 1.42 bits per heavy atom. The minimum Gasteiger partial charge on any atom is -0.337 e. The van der Waals surface area contributed by atoms with Crippen LogP contribution in [0.3, 0.4) is 0 Å². The standard InChI is InChI=1S/C17H27N5O2/c1-12(2)22-15(23)17(3,19-16(22)24)13-6-5-8-21(10-13)11-14-18-7-9-20(14)4/h7,9,12-13H,5-6,8,10-11H2,1-4H3,(H,19,24)/t13-,17-/m1/s1. The lowest BCUT2D eigenvalue weighted by Gasteiger charge is -2.39. The van der Waals surface area contributed by atoms with Gasteiger partial charge in [0.25, 0.3) is 5.91 Å². The number of nitrogens with zero attached hydrogens (tertiary/aromatic N) is 4. The van der Waals surface area contributed by atoms with E-state index in [-0.39, 0.29) is 23.9 Å². The fourth-order valence-corrected chi connectivity index (χ4v) is 3.84. The van der Waals surface area contributed by atoms with Gasteiger partial charge in [0.15, 0.2) is 0 Å². The molecule has 7 nitrogen and oxygen atoms in total. The number of hydrogen-bond donors (Lipinski definition) is 1. The highest BCUT2D eigenvalue weighted by Crippen LogP contribution is 2.33. The van der Waals surface area contributed by atoms with Gasteiger partial charge in [-0.25, -0.2) is 9.78 Å². The molecule has 1 N–H and O–H groups in total. The number of imide groups is 1. The molecule has 2 aliphatic rings. The molecule has 0 unspecified atom stereocenters. The van der Waals surface area contributed by atoms with Gasteiger partial charge in [0.2, 0.25) is 0 Å². The molecule has 0 aromatic carbocycles. The number of aromatic nitrogens is 2. The van der Waals surface area contributed by atoms with Crippen LogP contribution < -0.4 is 5.32 Å². The highest BCUT2D eigenvalue weighted by atomic mass is 16.2. The molecule has 0 spiro atoms. The van der Waals surface area contributed by atoms with E-state index in [9.17, 15) is 9.59 Å². The van der Waals surface area contributed by atoms with E-state index in [0.717, 1.165) is 38.3 Å². The van der Waals surface area contributed by atoms with Gasteiger partial charge >= 0.3 is 6.03 Å². The van der Waals surface area contributed by atoms with Crippen LogP contribution in [-0.2, 0) is 18.4 Å². The van der Waals surface area contributed by atoms with Crippen LogP contribution in [0.4, 0.5) is 4.79 Å². The average molecular weight is 333 g/mol. The Bertz CT molecular complexity index is 641. The van der Waals surface area contributed by atoms with Gasteiger partial charge in [-0.15, -0.1) is 0 Å². The summed E-state index contributed by atoms with van der Waals surface area (Å²) in [6, 6.07) is -0.384. The number of nitrogens with one attached hydrogen (secondary N) is 1. The first kappa shape index (κ1) is 17.0. The SMILES string of the molecule is CC(C)N1C(=O)N[C@](C)([C@@H]2CCCN(Cc3nccn3C)C2)C1=O. The summed E-state index contributed by atoms with van der Waals surface area (Å²) in [4.78, 5) is 33.2. The summed E-state index contributed by atoms with van der Waals surface area (Å²) in [5, 5.41) is 2.96. The molecule has 7 heteroatoms. The zero-order valence-electron chi connectivity index (χ0n) is 15.0. The number of piperidine rings is 1. The van der Waals surface area contributed by atoms with Crippen molar-refractivity contribution >= 4 is 11.9 Å². The number of aryl methyl sites for hydroxylation is 1. The number of imidazole rings is 1. The Morgan fingerprint density at radius 2 is 2.17 bits per heavy atom. The van der Waals surface area contributed by atoms with Gasteiger partial charge in [-0.05, 0) is 40.2 Å². The van der Waals surface area contributed by atoms with Crippen LogP contribution in [0.5, 0.6) is 0 Å². The first-order chi connectivity index (χ1) is 11.3. The molecule has 2 aliphatic heterocycles. The molecule has 0 aliphatic carbocycles. The molecule has 3 amide bonds. The van der Waals surface area contributed by atoms with Crippen molar-refractivity contribution in [3.63, 3.8) is 0 Å². The summed E-state index contributed by atoms with van der Waals surface area (Å²) in [5.74, 6) is 1.05. The molecule has 2 atom stereocenters. The predicted molar refractivity (Wildman–Crippen MR) is 90.1 cm³/mol. The highest BCUT2D eigenvalue weighted by molar-refractivity contribution is 6.07. The molecule has 2 saturated heterocycles. The van der Waals surface area contributed by atoms with Crippen LogP contribution in [0.1, 0.15) is 39.4 Å².